The topological polar surface area (TPSA) is 124 Å². The largest absolute Gasteiger partial charge is 0.396 e. The maximum absolute atomic E-state index is 10.8. The van der Waals surface area contributed by atoms with E-state index in [1.54, 1.807) is 38.1 Å². The number of unbranched alkanes of at least 4 members (excludes halogenated alkanes) is 3. The van der Waals surface area contributed by atoms with Crippen molar-refractivity contribution in [2.24, 2.45) is 5.41 Å². The third-order valence-electron chi connectivity index (χ3n) is 3.47. The molecule has 7 nitrogen and oxygen atoms in total. The third kappa shape index (κ3) is 9.62. The minimum atomic E-state index is -0.550. The Morgan fingerprint density at radius 1 is 0.769 bits per heavy atom. The molecule has 26 heavy (non-hydrogen) atoms. The fraction of sp³-hybridized carbons (Fsp3) is 0.579. The highest BCUT2D eigenvalue weighted by molar-refractivity contribution is 6.14. The average Bonchev–Trinajstić information content (AvgIpc) is 2.94. The Morgan fingerprint density at radius 3 is 1.42 bits per heavy atom. The molecule has 148 valence electrons. The van der Waals surface area contributed by atoms with E-state index in [1.165, 1.54) is 0 Å². The Morgan fingerprint density at radius 2 is 1.15 bits per heavy atom. The van der Waals surface area contributed by atoms with Gasteiger partial charge in [0, 0.05) is 18.6 Å². The van der Waals surface area contributed by atoms with Crippen LogP contribution in [0, 0.1) is 5.41 Å². The molecular weight excluding hydrogens is 340 g/mol. The van der Waals surface area contributed by atoms with Gasteiger partial charge in [-0.15, -0.1) is 0 Å². The number of hydrogen-bond acceptors (Lipinski definition) is 7. The highest BCUT2D eigenvalue weighted by atomic mass is 16.6. The van der Waals surface area contributed by atoms with Gasteiger partial charge in [-0.05, 0) is 25.0 Å². The third-order valence-corrected chi connectivity index (χ3v) is 3.47. The molecule has 2 rings (SSSR count). The summed E-state index contributed by atoms with van der Waals surface area (Å²) in [6, 6.07) is 6.53. The summed E-state index contributed by atoms with van der Waals surface area (Å²) in [4.78, 5) is 21.7. The zero-order valence-electron chi connectivity index (χ0n) is 15.5. The summed E-state index contributed by atoms with van der Waals surface area (Å²) in [5.74, 6) is -1.10. The van der Waals surface area contributed by atoms with Crippen molar-refractivity contribution in [3.05, 3.63) is 35.4 Å². The summed E-state index contributed by atoms with van der Waals surface area (Å²) >= 11 is 0. The molecule has 1 aliphatic heterocycles. The van der Waals surface area contributed by atoms with Gasteiger partial charge in [0.15, 0.2) is 0 Å². The molecule has 0 bridgehead atoms. The molecule has 0 saturated carbocycles. The summed E-state index contributed by atoms with van der Waals surface area (Å²) in [5, 5.41) is 33.5. The highest BCUT2D eigenvalue weighted by Gasteiger charge is 2.28. The summed E-state index contributed by atoms with van der Waals surface area (Å²) in [6.07, 6.45) is 3.83. The fourth-order valence-corrected chi connectivity index (χ4v) is 1.66. The predicted molar refractivity (Wildman–Crippen MR) is 96.8 cm³/mol. The lowest BCUT2D eigenvalue weighted by atomic mass is 9.97. The number of aliphatic hydroxyl groups is 4. The first kappa shape index (κ1) is 24.2. The van der Waals surface area contributed by atoms with Crippen LogP contribution in [-0.4, -0.2) is 58.8 Å². The van der Waals surface area contributed by atoms with Crippen molar-refractivity contribution in [2.75, 3.05) is 26.4 Å². The molecule has 7 heteroatoms. The number of carbonyl (C=O) groups excluding carboxylic acids is 2. The predicted octanol–water partition coefficient (Wildman–Crippen LogP) is 1.53. The van der Waals surface area contributed by atoms with Gasteiger partial charge >= 0.3 is 11.9 Å². The van der Waals surface area contributed by atoms with Crippen LogP contribution >= 0.6 is 0 Å². The molecule has 4 N–H and O–H groups in total. The molecule has 1 aromatic carbocycles. The van der Waals surface area contributed by atoms with Gasteiger partial charge in [0.2, 0.25) is 0 Å². The zero-order valence-corrected chi connectivity index (χ0v) is 15.5. The van der Waals surface area contributed by atoms with E-state index in [9.17, 15) is 9.59 Å². The number of esters is 2. The van der Waals surface area contributed by atoms with Gasteiger partial charge in [-0.2, -0.15) is 0 Å². The van der Waals surface area contributed by atoms with Gasteiger partial charge in [-0.3, -0.25) is 0 Å². The number of benzene rings is 1. The molecule has 0 radical (unpaired) electrons. The Balaban J connectivity index is 0.000000376. The van der Waals surface area contributed by atoms with Crippen LogP contribution < -0.4 is 0 Å². The standard InChI is InChI=1S/C8H4O3.C6H14O2.C5H12O2/c9-7-5-3-1-2-4-6(5)8(10)11-7;7-5-3-1-2-4-6-8;1-5(2,3-6)4-7/h1-4H;7-8H,1-6H2;6-7H,3-4H2,1-2H3. The lowest BCUT2D eigenvalue weighted by Crippen LogP contribution is -2.20. The van der Waals surface area contributed by atoms with Crippen molar-refractivity contribution in [3.8, 4) is 0 Å². The van der Waals surface area contributed by atoms with Crippen molar-refractivity contribution in [3.63, 3.8) is 0 Å². The number of cyclic esters (lactones) is 2. The molecule has 1 aliphatic rings. The monoisotopic (exact) mass is 370 g/mol. The molecule has 0 aromatic heterocycles. The Bertz CT molecular complexity index is 495. The quantitative estimate of drug-likeness (QED) is 0.326. The first-order valence-corrected chi connectivity index (χ1v) is 8.62. The normalized spacial score (nSPS) is 12.4. The highest BCUT2D eigenvalue weighted by Crippen LogP contribution is 2.18. The van der Waals surface area contributed by atoms with E-state index in [0.717, 1.165) is 25.7 Å². The van der Waals surface area contributed by atoms with Crippen LogP contribution in [-0.2, 0) is 4.74 Å². The number of aliphatic hydroxyl groups excluding tert-OH is 4. The lowest BCUT2D eigenvalue weighted by Gasteiger charge is -2.16. The van der Waals surface area contributed by atoms with Crippen molar-refractivity contribution >= 4 is 11.9 Å². The van der Waals surface area contributed by atoms with Gasteiger partial charge in [-0.25, -0.2) is 9.59 Å². The smallest absolute Gasteiger partial charge is 0.346 e. The Labute approximate surface area is 154 Å². The van der Waals surface area contributed by atoms with Gasteiger partial charge < -0.3 is 25.2 Å². The number of hydrogen-bond donors (Lipinski definition) is 4. The van der Waals surface area contributed by atoms with E-state index < -0.39 is 11.9 Å². The van der Waals surface area contributed by atoms with Crippen molar-refractivity contribution in [1.82, 2.24) is 0 Å². The van der Waals surface area contributed by atoms with E-state index in [1.807, 2.05) is 0 Å². The van der Waals surface area contributed by atoms with Gasteiger partial charge in [0.1, 0.15) is 0 Å². The Hall–Kier alpha value is -1.80. The molecule has 0 unspecified atom stereocenters. The average molecular weight is 370 g/mol. The van der Waals surface area contributed by atoms with Crippen LogP contribution in [0.2, 0.25) is 0 Å². The van der Waals surface area contributed by atoms with E-state index in [4.69, 9.17) is 20.4 Å². The van der Waals surface area contributed by atoms with E-state index >= 15 is 0 Å². The second-order valence-electron chi connectivity index (χ2n) is 6.56. The number of rotatable bonds is 7. The molecule has 0 fully saturated rings. The van der Waals surface area contributed by atoms with Crippen LogP contribution in [0.5, 0.6) is 0 Å². The second-order valence-corrected chi connectivity index (χ2v) is 6.56. The van der Waals surface area contributed by atoms with Crippen molar-refractivity contribution in [2.45, 2.75) is 39.5 Å². The van der Waals surface area contributed by atoms with Crippen LogP contribution in [0.1, 0.15) is 60.2 Å². The lowest BCUT2D eigenvalue weighted by molar-refractivity contribution is 0.0443. The zero-order chi connectivity index (χ0) is 20.0. The molecule has 0 saturated heterocycles. The molecule has 0 aliphatic carbocycles. The van der Waals surface area contributed by atoms with Crippen molar-refractivity contribution in [1.29, 1.82) is 0 Å². The molecule has 0 spiro atoms. The molecule has 0 atom stereocenters. The van der Waals surface area contributed by atoms with Crippen LogP contribution in [0.25, 0.3) is 0 Å². The summed E-state index contributed by atoms with van der Waals surface area (Å²) in [7, 11) is 0. The van der Waals surface area contributed by atoms with Gasteiger partial charge in [-0.1, -0.05) is 38.8 Å². The minimum Gasteiger partial charge on any atom is -0.396 e. The van der Waals surface area contributed by atoms with Crippen LogP contribution in [0.3, 0.4) is 0 Å². The molecular formula is C19H30O7. The minimum absolute atomic E-state index is 0.0451. The van der Waals surface area contributed by atoms with E-state index in [2.05, 4.69) is 4.74 Å². The maximum atomic E-state index is 10.8. The van der Waals surface area contributed by atoms with Crippen LogP contribution in [0.15, 0.2) is 24.3 Å². The number of fused-ring (bicyclic) bond motifs is 1. The van der Waals surface area contributed by atoms with Gasteiger partial charge in [0.25, 0.3) is 0 Å². The molecule has 1 aromatic rings. The second kappa shape index (κ2) is 13.4. The molecule has 0 amide bonds. The fourth-order valence-electron chi connectivity index (χ4n) is 1.66. The summed E-state index contributed by atoms with van der Waals surface area (Å²) < 4.78 is 4.35. The molecule has 1 heterocycles. The number of carbonyl (C=O) groups is 2. The summed E-state index contributed by atoms with van der Waals surface area (Å²) in [6.45, 7) is 4.25. The maximum Gasteiger partial charge on any atom is 0.346 e. The van der Waals surface area contributed by atoms with E-state index in [-0.39, 0.29) is 31.8 Å². The number of ether oxygens (including phenoxy) is 1. The Kier molecular flexibility index (Phi) is 12.5. The first-order chi connectivity index (χ1) is 12.3. The summed E-state index contributed by atoms with van der Waals surface area (Å²) in [5.41, 5.74) is 0.412. The van der Waals surface area contributed by atoms with Gasteiger partial charge in [0.05, 0.1) is 24.3 Å². The SMILES string of the molecule is CC(C)(CO)CO.O=C1OC(=O)c2ccccc21.OCCCCCCO. The van der Waals surface area contributed by atoms with E-state index in [0.29, 0.717) is 11.1 Å². The van der Waals surface area contributed by atoms with Crippen molar-refractivity contribution < 1.29 is 34.8 Å². The van der Waals surface area contributed by atoms with Crippen LogP contribution in [0.4, 0.5) is 0 Å². The first-order valence-electron chi connectivity index (χ1n) is 8.62.